The van der Waals surface area contributed by atoms with Gasteiger partial charge in [0.25, 0.3) is 0 Å². The van der Waals surface area contributed by atoms with Crippen molar-refractivity contribution < 1.29 is 4.39 Å². The Labute approximate surface area is 106 Å². The maximum Gasteiger partial charge on any atom is 0.145 e. The number of hydrogen-bond acceptors (Lipinski definition) is 2. The standard InChI is InChI=1S/C12H17ClFNS/c1-3-15-10(8-16-2)7-9-5-4-6-11(13)12(9)14/h4-6,10,15H,3,7-8H2,1-2H3. The molecule has 1 unspecified atom stereocenters. The first-order valence-corrected chi connectivity index (χ1v) is 7.11. The highest BCUT2D eigenvalue weighted by molar-refractivity contribution is 7.98. The molecule has 1 N–H and O–H groups in total. The molecule has 0 amide bonds. The molecule has 0 aliphatic rings. The van der Waals surface area contributed by atoms with E-state index in [1.807, 2.05) is 0 Å². The number of rotatable bonds is 6. The van der Waals surface area contributed by atoms with E-state index in [1.54, 1.807) is 30.0 Å². The van der Waals surface area contributed by atoms with Gasteiger partial charge in [0.05, 0.1) is 5.02 Å². The number of hydrogen-bond donors (Lipinski definition) is 1. The highest BCUT2D eigenvalue weighted by Crippen LogP contribution is 2.19. The Hall–Kier alpha value is -0.250. The van der Waals surface area contributed by atoms with Gasteiger partial charge in [-0.1, -0.05) is 30.7 Å². The van der Waals surface area contributed by atoms with Gasteiger partial charge in [0, 0.05) is 11.8 Å². The van der Waals surface area contributed by atoms with Gasteiger partial charge in [-0.25, -0.2) is 4.39 Å². The van der Waals surface area contributed by atoms with Crippen molar-refractivity contribution in [1.82, 2.24) is 5.32 Å². The number of thioether (sulfide) groups is 1. The van der Waals surface area contributed by atoms with Crippen LogP contribution in [-0.2, 0) is 6.42 Å². The minimum absolute atomic E-state index is 0.205. The predicted octanol–water partition coefficient (Wildman–Crippen LogP) is 3.36. The minimum Gasteiger partial charge on any atom is -0.313 e. The first kappa shape index (κ1) is 13.8. The zero-order chi connectivity index (χ0) is 12.0. The summed E-state index contributed by atoms with van der Waals surface area (Å²) in [6.45, 7) is 2.95. The summed E-state index contributed by atoms with van der Waals surface area (Å²) in [7, 11) is 0. The van der Waals surface area contributed by atoms with Crippen molar-refractivity contribution >= 4 is 23.4 Å². The molecule has 1 aromatic rings. The molecule has 1 atom stereocenters. The fourth-order valence-corrected chi connectivity index (χ4v) is 2.48. The molecule has 0 saturated carbocycles. The van der Waals surface area contributed by atoms with E-state index in [-0.39, 0.29) is 10.8 Å². The van der Waals surface area contributed by atoms with Crippen LogP contribution >= 0.6 is 23.4 Å². The Bertz CT molecular complexity index is 327. The Morgan fingerprint density at radius 2 is 2.25 bits per heavy atom. The van der Waals surface area contributed by atoms with Gasteiger partial charge in [-0.3, -0.25) is 0 Å². The summed E-state index contributed by atoms with van der Waals surface area (Å²) in [5.41, 5.74) is 0.688. The van der Waals surface area contributed by atoms with Crippen LogP contribution in [0, 0.1) is 5.82 Å². The van der Waals surface area contributed by atoms with Crippen molar-refractivity contribution in [3.8, 4) is 0 Å². The fraction of sp³-hybridized carbons (Fsp3) is 0.500. The predicted molar refractivity (Wildman–Crippen MR) is 71.0 cm³/mol. The largest absolute Gasteiger partial charge is 0.313 e. The molecule has 16 heavy (non-hydrogen) atoms. The summed E-state index contributed by atoms with van der Waals surface area (Å²) in [6.07, 6.45) is 2.74. The topological polar surface area (TPSA) is 12.0 Å². The van der Waals surface area contributed by atoms with Crippen LogP contribution in [0.2, 0.25) is 5.02 Å². The van der Waals surface area contributed by atoms with Gasteiger partial charge in [-0.2, -0.15) is 11.8 Å². The summed E-state index contributed by atoms with van der Waals surface area (Å²) in [5.74, 6) is 0.688. The van der Waals surface area contributed by atoms with Crippen LogP contribution in [0.15, 0.2) is 18.2 Å². The van der Waals surface area contributed by atoms with Crippen LogP contribution < -0.4 is 5.32 Å². The molecule has 0 aliphatic carbocycles. The second-order valence-corrected chi connectivity index (χ2v) is 4.94. The van der Waals surface area contributed by atoms with E-state index in [0.29, 0.717) is 18.0 Å². The van der Waals surface area contributed by atoms with Crippen molar-refractivity contribution in [3.05, 3.63) is 34.6 Å². The summed E-state index contributed by atoms with van der Waals surface area (Å²) in [4.78, 5) is 0. The van der Waals surface area contributed by atoms with E-state index in [1.165, 1.54) is 0 Å². The van der Waals surface area contributed by atoms with Crippen LogP contribution in [0.3, 0.4) is 0 Å². The van der Waals surface area contributed by atoms with Crippen molar-refractivity contribution in [2.45, 2.75) is 19.4 Å². The lowest BCUT2D eigenvalue weighted by Crippen LogP contribution is -2.33. The van der Waals surface area contributed by atoms with Gasteiger partial charge in [-0.05, 0) is 30.9 Å². The van der Waals surface area contributed by atoms with Gasteiger partial charge >= 0.3 is 0 Å². The van der Waals surface area contributed by atoms with Crippen LogP contribution in [0.4, 0.5) is 4.39 Å². The second-order valence-electron chi connectivity index (χ2n) is 3.63. The van der Waals surface area contributed by atoms with E-state index in [2.05, 4.69) is 18.5 Å². The molecule has 4 heteroatoms. The third-order valence-corrected chi connectivity index (χ3v) is 3.39. The number of halogens is 2. The second kappa shape index (κ2) is 7.15. The molecule has 0 fully saturated rings. The van der Waals surface area contributed by atoms with Gasteiger partial charge in [0.1, 0.15) is 5.82 Å². The van der Waals surface area contributed by atoms with E-state index >= 15 is 0 Å². The van der Waals surface area contributed by atoms with Crippen molar-refractivity contribution in [3.63, 3.8) is 0 Å². The number of benzene rings is 1. The molecule has 1 nitrogen and oxygen atoms in total. The van der Waals surface area contributed by atoms with Gasteiger partial charge in [0.15, 0.2) is 0 Å². The summed E-state index contributed by atoms with van der Waals surface area (Å²) in [5, 5.41) is 3.55. The minimum atomic E-state index is -0.284. The molecular formula is C12H17ClFNS. The average molecular weight is 262 g/mol. The maximum atomic E-state index is 13.7. The zero-order valence-corrected chi connectivity index (χ0v) is 11.2. The van der Waals surface area contributed by atoms with Crippen LogP contribution in [-0.4, -0.2) is 24.6 Å². The van der Waals surface area contributed by atoms with E-state index in [4.69, 9.17) is 11.6 Å². The Morgan fingerprint density at radius 3 is 2.88 bits per heavy atom. The third kappa shape index (κ3) is 3.96. The van der Waals surface area contributed by atoms with E-state index < -0.39 is 0 Å². The molecule has 0 aromatic heterocycles. The van der Waals surface area contributed by atoms with Gasteiger partial charge < -0.3 is 5.32 Å². The lowest BCUT2D eigenvalue weighted by molar-refractivity contribution is 0.545. The molecule has 0 aliphatic heterocycles. The lowest BCUT2D eigenvalue weighted by Gasteiger charge is -2.17. The molecule has 1 aromatic carbocycles. The van der Waals surface area contributed by atoms with Crippen LogP contribution in [0.25, 0.3) is 0 Å². The summed E-state index contributed by atoms with van der Waals surface area (Å²) in [6, 6.07) is 5.47. The lowest BCUT2D eigenvalue weighted by atomic mass is 10.1. The normalized spacial score (nSPS) is 12.8. The summed E-state index contributed by atoms with van der Waals surface area (Å²) < 4.78 is 13.7. The molecule has 0 spiro atoms. The maximum absolute atomic E-state index is 13.7. The molecule has 0 bridgehead atoms. The van der Waals surface area contributed by atoms with E-state index in [9.17, 15) is 4.39 Å². The Balaban J connectivity index is 2.72. The first-order valence-electron chi connectivity index (χ1n) is 5.34. The molecule has 1 rings (SSSR count). The fourth-order valence-electron chi connectivity index (χ4n) is 1.65. The first-order chi connectivity index (χ1) is 7.69. The van der Waals surface area contributed by atoms with Crippen LogP contribution in [0.5, 0.6) is 0 Å². The monoisotopic (exact) mass is 261 g/mol. The Morgan fingerprint density at radius 1 is 1.50 bits per heavy atom. The Kier molecular flexibility index (Phi) is 6.17. The third-order valence-electron chi connectivity index (χ3n) is 2.36. The molecule has 0 heterocycles. The van der Waals surface area contributed by atoms with Crippen molar-refractivity contribution in [2.24, 2.45) is 0 Å². The summed E-state index contributed by atoms with van der Waals surface area (Å²) >= 11 is 7.51. The van der Waals surface area contributed by atoms with Crippen molar-refractivity contribution in [2.75, 3.05) is 18.6 Å². The molecule has 0 radical (unpaired) electrons. The highest BCUT2D eigenvalue weighted by Gasteiger charge is 2.12. The van der Waals surface area contributed by atoms with Gasteiger partial charge in [0.2, 0.25) is 0 Å². The number of nitrogens with one attached hydrogen (secondary N) is 1. The van der Waals surface area contributed by atoms with Gasteiger partial charge in [-0.15, -0.1) is 0 Å². The molecular weight excluding hydrogens is 245 g/mol. The zero-order valence-electron chi connectivity index (χ0n) is 9.59. The van der Waals surface area contributed by atoms with E-state index in [0.717, 1.165) is 12.3 Å². The molecule has 0 saturated heterocycles. The average Bonchev–Trinajstić information content (AvgIpc) is 2.25. The number of likely N-dealkylation sites (N-methyl/N-ethyl adjacent to an activating group) is 1. The van der Waals surface area contributed by atoms with Crippen LogP contribution in [0.1, 0.15) is 12.5 Å². The van der Waals surface area contributed by atoms with Crippen molar-refractivity contribution in [1.29, 1.82) is 0 Å². The smallest absolute Gasteiger partial charge is 0.145 e. The quantitative estimate of drug-likeness (QED) is 0.843. The molecule has 90 valence electrons. The highest BCUT2D eigenvalue weighted by atomic mass is 35.5. The SMILES string of the molecule is CCNC(CSC)Cc1cccc(Cl)c1F.